The summed E-state index contributed by atoms with van der Waals surface area (Å²) in [5.74, 6) is 0.781. The third kappa shape index (κ3) is 2.27. The molecule has 94 valence electrons. The van der Waals surface area contributed by atoms with E-state index in [2.05, 4.69) is 35.9 Å². The van der Waals surface area contributed by atoms with E-state index in [1.54, 1.807) is 0 Å². The van der Waals surface area contributed by atoms with Gasteiger partial charge < -0.3 is 5.73 Å². The van der Waals surface area contributed by atoms with Crippen LogP contribution in [0.25, 0.3) is 11.4 Å². The zero-order valence-corrected chi connectivity index (χ0v) is 11.2. The molecule has 1 aromatic carbocycles. The van der Waals surface area contributed by atoms with Gasteiger partial charge in [0.15, 0.2) is 5.82 Å². The Morgan fingerprint density at radius 3 is 2.44 bits per heavy atom. The van der Waals surface area contributed by atoms with E-state index in [1.807, 2.05) is 19.1 Å². The number of hydrogen-bond donors (Lipinski definition) is 1. The number of nitrogens with two attached hydrogens (primary N) is 1. The molecule has 0 saturated heterocycles. The molecule has 0 fully saturated rings. The zero-order chi connectivity index (χ0) is 13.1. The summed E-state index contributed by atoms with van der Waals surface area (Å²) in [6, 6.07) is 8.16. The smallest absolute Gasteiger partial charge is 0.159 e. The first-order valence-corrected chi connectivity index (χ1v) is 6.29. The normalized spacial score (nSPS) is 10.7. The molecular weight excluding hydrogens is 222 g/mol. The molecule has 0 bridgehead atoms. The highest BCUT2D eigenvalue weighted by Crippen LogP contribution is 2.22. The van der Waals surface area contributed by atoms with Crippen LogP contribution >= 0.6 is 0 Å². The molecule has 18 heavy (non-hydrogen) atoms. The van der Waals surface area contributed by atoms with Crippen molar-refractivity contribution in [3.05, 3.63) is 46.8 Å². The largest absolute Gasteiger partial charge is 0.325 e. The maximum Gasteiger partial charge on any atom is 0.159 e. The fraction of sp³-hybridized carbons (Fsp3) is 0.333. The minimum absolute atomic E-state index is 0.464. The summed E-state index contributed by atoms with van der Waals surface area (Å²) in [5.41, 5.74) is 11.2. The number of aryl methyl sites for hydroxylation is 2. The Morgan fingerprint density at radius 2 is 1.83 bits per heavy atom. The highest BCUT2D eigenvalue weighted by atomic mass is 14.9. The maximum atomic E-state index is 5.79. The number of aromatic nitrogens is 2. The molecule has 0 unspecified atom stereocenters. The molecule has 0 radical (unpaired) electrons. The summed E-state index contributed by atoms with van der Waals surface area (Å²) in [6.07, 6.45) is 0.923. The molecule has 1 aromatic heterocycles. The number of rotatable bonds is 3. The fourth-order valence-electron chi connectivity index (χ4n) is 2.23. The van der Waals surface area contributed by atoms with Gasteiger partial charge in [-0.25, -0.2) is 9.97 Å². The first-order valence-electron chi connectivity index (χ1n) is 6.29. The van der Waals surface area contributed by atoms with Gasteiger partial charge in [0.2, 0.25) is 0 Å². The average Bonchev–Trinajstić information content (AvgIpc) is 2.38. The van der Waals surface area contributed by atoms with Gasteiger partial charge in [0, 0.05) is 17.8 Å². The topological polar surface area (TPSA) is 51.8 Å². The highest BCUT2D eigenvalue weighted by molar-refractivity contribution is 5.60. The van der Waals surface area contributed by atoms with Crippen LogP contribution in [0.2, 0.25) is 0 Å². The average molecular weight is 241 g/mol. The molecule has 0 saturated carbocycles. The Labute approximate surface area is 108 Å². The molecule has 2 rings (SSSR count). The van der Waals surface area contributed by atoms with Crippen LogP contribution in [0.5, 0.6) is 0 Å². The van der Waals surface area contributed by atoms with Crippen LogP contribution in [0.4, 0.5) is 0 Å². The monoisotopic (exact) mass is 241 g/mol. The minimum atomic E-state index is 0.464. The summed E-state index contributed by atoms with van der Waals surface area (Å²) >= 11 is 0. The molecule has 2 aromatic rings. The van der Waals surface area contributed by atoms with E-state index in [9.17, 15) is 0 Å². The van der Waals surface area contributed by atoms with E-state index in [0.717, 1.165) is 29.2 Å². The molecule has 1 heterocycles. The van der Waals surface area contributed by atoms with Crippen molar-refractivity contribution >= 4 is 0 Å². The van der Waals surface area contributed by atoms with Crippen molar-refractivity contribution in [2.45, 2.75) is 33.7 Å². The highest BCUT2D eigenvalue weighted by Gasteiger charge is 2.11. The second-order valence-electron chi connectivity index (χ2n) is 4.43. The van der Waals surface area contributed by atoms with Gasteiger partial charge in [0.1, 0.15) is 0 Å². The quantitative estimate of drug-likeness (QED) is 0.899. The molecule has 3 heteroatoms. The third-order valence-corrected chi connectivity index (χ3v) is 3.23. The Morgan fingerprint density at radius 1 is 1.11 bits per heavy atom. The lowest BCUT2D eigenvalue weighted by Crippen LogP contribution is -2.09. The van der Waals surface area contributed by atoms with E-state index >= 15 is 0 Å². The van der Waals surface area contributed by atoms with Gasteiger partial charge in [-0.15, -0.1) is 0 Å². The minimum Gasteiger partial charge on any atom is -0.325 e. The predicted molar refractivity (Wildman–Crippen MR) is 74.2 cm³/mol. The van der Waals surface area contributed by atoms with Crippen LogP contribution in [0.3, 0.4) is 0 Å². The van der Waals surface area contributed by atoms with E-state index in [4.69, 9.17) is 5.73 Å². The van der Waals surface area contributed by atoms with Gasteiger partial charge in [-0.05, 0) is 31.4 Å². The molecule has 2 N–H and O–H groups in total. The number of benzene rings is 1. The fourth-order valence-corrected chi connectivity index (χ4v) is 2.23. The van der Waals surface area contributed by atoms with Crippen molar-refractivity contribution in [3.63, 3.8) is 0 Å². The van der Waals surface area contributed by atoms with Crippen LogP contribution < -0.4 is 5.73 Å². The second-order valence-corrected chi connectivity index (χ2v) is 4.43. The Kier molecular flexibility index (Phi) is 3.72. The number of nitrogens with zero attached hydrogens (tertiary/aromatic N) is 2. The van der Waals surface area contributed by atoms with E-state index in [0.29, 0.717) is 6.54 Å². The summed E-state index contributed by atoms with van der Waals surface area (Å²) in [7, 11) is 0. The molecule has 0 aliphatic carbocycles. The van der Waals surface area contributed by atoms with Crippen molar-refractivity contribution < 1.29 is 0 Å². The predicted octanol–water partition coefficient (Wildman–Crippen LogP) is 2.78. The number of hydrogen-bond acceptors (Lipinski definition) is 3. The van der Waals surface area contributed by atoms with E-state index in [-0.39, 0.29) is 0 Å². The molecule has 0 aliphatic rings. The summed E-state index contributed by atoms with van der Waals surface area (Å²) in [6.45, 7) is 6.68. The molecule has 0 atom stereocenters. The first-order chi connectivity index (χ1) is 8.67. The maximum absolute atomic E-state index is 5.79. The van der Waals surface area contributed by atoms with Gasteiger partial charge in [-0.1, -0.05) is 31.2 Å². The third-order valence-electron chi connectivity index (χ3n) is 3.23. The first kappa shape index (κ1) is 12.7. The van der Waals surface area contributed by atoms with Gasteiger partial charge in [-0.2, -0.15) is 0 Å². The standard InChI is InChI=1S/C15H19N3/c1-4-12-11(3)17-15(18-14(12)9-16)13-8-6-5-7-10(13)2/h5-8H,4,9,16H2,1-3H3. The lowest BCUT2D eigenvalue weighted by atomic mass is 10.1. The summed E-state index contributed by atoms with van der Waals surface area (Å²) in [5, 5.41) is 0. The van der Waals surface area contributed by atoms with Crippen molar-refractivity contribution in [2.24, 2.45) is 5.73 Å². The summed E-state index contributed by atoms with van der Waals surface area (Å²) in [4.78, 5) is 9.23. The van der Waals surface area contributed by atoms with Crippen molar-refractivity contribution in [3.8, 4) is 11.4 Å². The van der Waals surface area contributed by atoms with Gasteiger partial charge in [-0.3, -0.25) is 0 Å². The molecular formula is C15H19N3. The second kappa shape index (κ2) is 5.27. The molecule has 3 nitrogen and oxygen atoms in total. The van der Waals surface area contributed by atoms with Gasteiger partial charge in [0.05, 0.1) is 5.69 Å². The van der Waals surface area contributed by atoms with Crippen LogP contribution in [0, 0.1) is 13.8 Å². The van der Waals surface area contributed by atoms with Crippen LogP contribution in [0.15, 0.2) is 24.3 Å². The van der Waals surface area contributed by atoms with Crippen LogP contribution in [0.1, 0.15) is 29.4 Å². The van der Waals surface area contributed by atoms with Gasteiger partial charge >= 0.3 is 0 Å². The molecule has 0 spiro atoms. The summed E-state index contributed by atoms with van der Waals surface area (Å²) < 4.78 is 0. The Bertz CT molecular complexity index is 562. The lowest BCUT2D eigenvalue weighted by molar-refractivity contribution is 0.891. The Balaban J connectivity index is 2.60. The van der Waals surface area contributed by atoms with Crippen LogP contribution in [-0.2, 0) is 13.0 Å². The lowest BCUT2D eigenvalue weighted by Gasteiger charge is -2.12. The zero-order valence-electron chi connectivity index (χ0n) is 11.2. The molecule has 0 amide bonds. The molecule has 0 aliphatic heterocycles. The van der Waals surface area contributed by atoms with E-state index in [1.165, 1.54) is 11.1 Å². The van der Waals surface area contributed by atoms with Gasteiger partial charge in [0.25, 0.3) is 0 Å². The van der Waals surface area contributed by atoms with E-state index < -0.39 is 0 Å². The Hall–Kier alpha value is -1.74. The van der Waals surface area contributed by atoms with Crippen molar-refractivity contribution in [1.82, 2.24) is 9.97 Å². The SMILES string of the molecule is CCc1c(C)nc(-c2ccccc2C)nc1CN. The van der Waals surface area contributed by atoms with Crippen molar-refractivity contribution in [1.29, 1.82) is 0 Å². The van der Waals surface area contributed by atoms with Crippen LogP contribution in [-0.4, -0.2) is 9.97 Å². The van der Waals surface area contributed by atoms with Crippen molar-refractivity contribution in [2.75, 3.05) is 0 Å².